The average Bonchev–Trinajstić information content (AvgIpc) is 2.81. The van der Waals surface area contributed by atoms with Gasteiger partial charge in [0.2, 0.25) is 0 Å². The number of halogens is 7. The van der Waals surface area contributed by atoms with Gasteiger partial charge in [-0.25, -0.2) is 14.0 Å². The number of benzene rings is 2. The maximum Gasteiger partial charge on any atom is 0.416 e. The van der Waals surface area contributed by atoms with Crippen LogP contribution in [-0.4, -0.2) is 58.6 Å². The molecule has 202 valence electrons. The smallest absolute Gasteiger partial charge is 0.416 e. The van der Waals surface area contributed by atoms with E-state index in [1.165, 1.54) is 31.0 Å². The SMILES string of the molecule is Cc1cc(F)ccc1[C@H]1CN(C(=O)O)CCN1C(=O)N(C)[C@@H](C)c1cc(C(F)(F)F)cc(C(F)(F)F)c1. The second-order valence-corrected chi connectivity index (χ2v) is 8.85. The van der Waals surface area contributed by atoms with Gasteiger partial charge in [0.25, 0.3) is 0 Å². The zero-order chi connectivity index (χ0) is 27.9. The van der Waals surface area contributed by atoms with Crippen molar-refractivity contribution in [3.8, 4) is 0 Å². The number of alkyl halides is 6. The molecule has 1 heterocycles. The van der Waals surface area contributed by atoms with E-state index in [1.54, 1.807) is 6.92 Å². The molecule has 0 aromatic heterocycles. The van der Waals surface area contributed by atoms with Gasteiger partial charge in [-0.15, -0.1) is 0 Å². The molecule has 2 aromatic rings. The molecule has 0 unspecified atom stereocenters. The van der Waals surface area contributed by atoms with Crippen molar-refractivity contribution >= 4 is 12.1 Å². The van der Waals surface area contributed by atoms with Crippen LogP contribution in [0, 0.1) is 12.7 Å². The van der Waals surface area contributed by atoms with E-state index in [9.17, 15) is 45.4 Å². The minimum Gasteiger partial charge on any atom is -0.465 e. The zero-order valence-electron chi connectivity index (χ0n) is 20.0. The minimum absolute atomic E-state index is 0.0104. The number of nitrogens with zero attached hydrogens (tertiary/aromatic N) is 3. The molecule has 6 nitrogen and oxygen atoms in total. The Morgan fingerprint density at radius 1 is 1.00 bits per heavy atom. The van der Waals surface area contributed by atoms with Gasteiger partial charge in [-0.1, -0.05) is 6.07 Å². The van der Waals surface area contributed by atoms with Crippen LogP contribution in [0.3, 0.4) is 0 Å². The maximum atomic E-state index is 13.7. The molecule has 37 heavy (non-hydrogen) atoms. The van der Waals surface area contributed by atoms with Crippen molar-refractivity contribution in [1.82, 2.24) is 14.7 Å². The quantitative estimate of drug-likeness (QED) is 0.468. The minimum atomic E-state index is -5.04. The number of hydrogen-bond acceptors (Lipinski definition) is 2. The molecule has 2 atom stereocenters. The van der Waals surface area contributed by atoms with Crippen LogP contribution in [0.5, 0.6) is 0 Å². The van der Waals surface area contributed by atoms with Crippen molar-refractivity contribution in [2.75, 3.05) is 26.7 Å². The normalized spacial score (nSPS) is 17.5. The van der Waals surface area contributed by atoms with E-state index in [1.807, 2.05) is 0 Å². The van der Waals surface area contributed by atoms with Crippen LogP contribution in [0.25, 0.3) is 0 Å². The van der Waals surface area contributed by atoms with Gasteiger partial charge < -0.3 is 19.8 Å². The lowest BCUT2D eigenvalue weighted by molar-refractivity contribution is -0.143. The van der Waals surface area contributed by atoms with Crippen molar-refractivity contribution in [2.24, 2.45) is 0 Å². The Bertz CT molecular complexity index is 1150. The lowest BCUT2D eigenvalue weighted by Crippen LogP contribution is -2.55. The molecular weight excluding hydrogens is 511 g/mol. The summed E-state index contributed by atoms with van der Waals surface area (Å²) in [7, 11) is 1.23. The summed E-state index contributed by atoms with van der Waals surface area (Å²) in [6, 6.07) is 2.11. The molecule has 2 aromatic carbocycles. The molecule has 0 saturated carbocycles. The number of aryl methyl sites for hydroxylation is 1. The Labute approximate surface area is 207 Å². The number of urea groups is 1. The molecule has 0 bridgehead atoms. The summed E-state index contributed by atoms with van der Waals surface area (Å²) in [5, 5.41) is 9.44. The highest BCUT2D eigenvalue weighted by Crippen LogP contribution is 2.39. The fourth-order valence-corrected chi connectivity index (χ4v) is 4.28. The zero-order valence-corrected chi connectivity index (χ0v) is 20.0. The summed E-state index contributed by atoms with van der Waals surface area (Å²) in [6.45, 7) is 2.55. The van der Waals surface area contributed by atoms with Crippen LogP contribution in [0.15, 0.2) is 36.4 Å². The first-order valence-electron chi connectivity index (χ1n) is 11.1. The lowest BCUT2D eigenvalue weighted by atomic mass is 9.97. The highest BCUT2D eigenvalue weighted by molar-refractivity contribution is 5.76. The van der Waals surface area contributed by atoms with Crippen LogP contribution in [0.4, 0.5) is 40.3 Å². The van der Waals surface area contributed by atoms with E-state index in [0.717, 1.165) is 15.9 Å². The van der Waals surface area contributed by atoms with Gasteiger partial charge in [0.1, 0.15) is 5.82 Å². The molecule has 0 aliphatic carbocycles. The summed E-state index contributed by atoms with van der Waals surface area (Å²) in [4.78, 5) is 28.4. The van der Waals surface area contributed by atoms with Gasteiger partial charge in [0.15, 0.2) is 0 Å². The summed E-state index contributed by atoms with van der Waals surface area (Å²) < 4.78 is 93.6. The predicted molar refractivity (Wildman–Crippen MR) is 118 cm³/mol. The molecule has 0 spiro atoms. The largest absolute Gasteiger partial charge is 0.465 e. The van der Waals surface area contributed by atoms with E-state index < -0.39 is 53.5 Å². The third-order valence-corrected chi connectivity index (χ3v) is 6.46. The number of carboxylic acid groups (broad SMARTS) is 1. The number of amides is 3. The fourth-order valence-electron chi connectivity index (χ4n) is 4.28. The third kappa shape index (κ3) is 6.08. The van der Waals surface area contributed by atoms with Gasteiger partial charge in [-0.3, -0.25) is 0 Å². The molecular formula is C24H24F7N3O3. The Morgan fingerprint density at radius 2 is 1.57 bits per heavy atom. The van der Waals surface area contributed by atoms with Crippen molar-refractivity contribution in [3.05, 3.63) is 70.0 Å². The van der Waals surface area contributed by atoms with Gasteiger partial charge in [-0.2, -0.15) is 26.3 Å². The number of carbonyl (C=O) groups excluding carboxylic acids is 1. The molecule has 1 fully saturated rings. The first kappa shape index (κ1) is 28.1. The standard InChI is InChI=1S/C24H24F7N3O3/c1-13-8-18(25)4-5-19(13)20-12-33(22(36)37)6-7-34(20)21(35)32(3)14(2)15-9-16(23(26,27)28)11-17(10-15)24(29,30)31/h4-5,8-11,14,20H,6-7,12H2,1-3H3,(H,36,37)/t14-,20+/m0/s1. The maximum absolute atomic E-state index is 13.7. The van der Waals surface area contributed by atoms with Gasteiger partial charge in [0, 0.05) is 26.7 Å². The molecule has 3 amide bonds. The molecule has 0 radical (unpaired) electrons. The van der Waals surface area contributed by atoms with E-state index in [-0.39, 0.29) is 31.3 Å². The number of piperazine rings is 1. The molecule has 13 heteroatoms. The summed E-state index contributed by atoms with van der Waals surface area (Å²) in [5.74, 6) is -0.541. The average molecular weight is 535 g/mol. The lowest BCUT2D eigenvalue weighted by Gasteiger charge is -2.43. The first-order valence-corrected chi connectivity index (χ1v) is 11.1. The third-order valence-electron chi connectivity index (χ3n) is 6.46. The Balaban J connectivity index is 1.98. The number of hydrogen-bond donors (Lipinski definition) is 1. The Hall–Kier alpha value is -3.51. The van der Waals surface area contributed by atoms with Crippen molar-refractivity contribution in [1.29, 1.82) is 0 Å². The Kier molecular flexibility index (Phi) is 7.66. The second-order valence-electron chi connectivity index (χ2n) is 8.85. The summed E-state index contributed by atoms with van der Waals surface area (Å²) in [5.41, 5.74) is -2.48. The highest BCUT2D eigenvalue weighted by atomic mass is 19.4. The van der Waals surface area contributed by atoms with Gasteiger partial charge >= 0.3 is 24.5 Å². The monoisotopic (exact) mass is 535 g/mol. The summed E-state index contributed by atoms with van der Waals surface area (Å²) >= 11 is 0. The topological polar surface area (TPSA) is 64.1 Å². The molecule has 1 N–H and O–H groups in total. The van der Waals surface area contributed by atoms with Crippen LogP contribution in [0.1, 0.15) is 46.8 Å². The second kappa shape index (κ2) is 10.1. The fraction of sp³-hybridized carbons (Fsp3) is 0.417. The van der Waals surface area contributed by atoms with Crippen LogP contribution in [-0.2, 0) is 12.4 Å². The summed E-state index contributed by atoms with van der Waals surface area (Å²) in [6.07, 6.45) is -11.3. The van der Waals surface area contributed by atoms with E-state index >= 15 is 0 Å². The van der Waals surface area contributed by atoms with Crippen LogP contribution >= 0.6 is 0 Å². The van der Waals surface area contributed by atoms with E-state index in [4.69, 9.17) is 0 Å². The molecule has 1 saturated heterocycles. The van der Waals surface area contributed by atoms with Crippen LogP contribution < -0.4 is 0 Å². The van der Waals surface area contributed by atoms with Crippen molar-refractivity contribution in [2.45, 2.75) is 38.3 Å². The molecule has 1 aliphatic heterocycles. The van der Waals surface area contributed by atoms with Crippen molar-refractivity contribution in [3.63, 3.8) is 0 Å². The van der Waals surface area contributed by atoms with Gasteiger partial charge in [0.05, 0.1) is 23.2 Å². The molecule has 3 rings (SSSR count). The van der Waals surface area contributed by atoms with E-state index in [2.05, 4.69) is 0 Å². The van der Waals surface area contributed by atoms with Crippen molar-refractivity contribution < 1.29 is 45.4 Å². The predicted octanol–water partition coefficient (Wildman–Crippen LogP) is 6.32. The molecule has 1 aliphatic rings. The van der Waals surface area contributed by atoms with Crippen LogP contribution in [0.2, 0.25) is 0 Å². The first-order chi connectivity index (χ1) is 17.0. The highest BCUT2D eigenvalue weighted by Gasteiger charge is 2.39. The number of carbonyl (C=O) groups is 2. The Morgan fingerprint density at radius 3 is 2.05 bits per heavy atom. The van der Waals surface area contributed by atoms with Gasteiger partial charge in [-0.05, 0) is 60.9 Å². The van der Waals surface area contributed by atoms with E-state index in [0.29, 0.717) is 23.3 Å². The number of rotatable bonds is 3.